The van der Waals surface area contributed by atoms with E-state index in [-0.39, 0.29) is 6.61 Å². The Hall–Kier alpha value is -2.93. The molecule has 0 saturated heterocycles. The Balaban J connectivity index is 1.55. The number of carbonyl (C=O) groups is 1. The second-order valence-corrected chi connectivity index (χ2v) is 7.02. The standard InChI is InChI=1S/C23H27N3O3/c1-16-20-4-2-3-19(23(20)25-21(16)12-14-27)11-13-24-15-18-7-5-17(6-8-18)9-10-22(28)26-29/h2-10,24-25,27,29H,11-15H2,1H3,(H,26,28)/b10-9+. The maximum absolute atomic E-state index is 11.0. The lowest BCUT2D eigenvalue weighted by molar-refractivity contribution is -0.124. The number of aromatic nitrogens is 1. The molecule has 0 aliphatic carbocycles. The van der Waals surface area contributed by atoms with Crippen LogP contribution in [-0.2, 0) is 24.2 Å². The molecular formula is C23H27N3O3. The number of para-hydroxylation sites is 1. The van der Waals surface area contributed by atoms with Crippen LogP contribution in [0.4, 0.5) is 0 Å². The number of aliphatic hydroxyl groups is 1. The van der Waals surface area contributed by atoms with Gasteiger partial charge < -0.3 is 15.4 Å². The second kappa shape index (κ2) is 10.0. The molecule has 0 aliphatic rings. The predicted octanol–water partition coefficient (Wildman–Crippen LogP) is 2.86. The van der Waals surface area contributed by atoms with Crippen molar-refractivity contribution in [3.63, 3.8) is 0 Å². The van der Waals surface area contributed by atoms with Gasteiger partial charge in [0.15, 0.2) is 0 Å². The van der Waals surface area contributed by atoms with E-state index in [4.69, 9.17) is 5.21 Å². The van der Waals surface area contributed by atoms with E-state index >= 15 is 0 Å². The molecule has 6 nitrogen and oxygen atoms in total. The Morgan fingerprint density at radius 3 is 2.66 bits per heavy atom. The molecule has 1 heterocycles. The first-order chi connectivity index (χ1) is 14.1. The van der Waals surface area contributed by atoms with Crippen molar-refractivity contribution in [2.24, 2.45) is 0 Å². The van der Waals surface area contributed by atoms with Gasteiger partial charge in [0.25, 0.3) is 5.91 Å². The summed E-state index contributed by atoms with van der Waals surface area (Å²) >= 11 is 0. The average Bonchev–Trinajstić information content (AvgIpc) is 3.07. The molecule has 0 atom stereocenters. The summed E-state index contributed by atoms with van der Waals surface area (Å²) in [5.41, 5.74) is 8.38. The molecule has 1 aromatic heterocycles. The Bertz CT molecular complexity index is 991. The lowest BCUT2D eigenvalue weighted by atomic mass is 10.1. The number of aryl methyl sites for hydroxylation is 1. The van der Waals surface area contributed by atoms with Gasteiger partial charge in [-0.3, -0.25) is 10.0 Å². The van der Waals surface area contributed by atoms with Gasteiger partial charge in [0.2, 0.25) is 0 Å². The monoisotopic (exact) mass is 393 g/mol. The number of amides is 1. The topological polar surface area (TPSA) is 97.4 Å². The van der Waals surface area contributed by atoms with Crippen molar-refractivity contribution < 1.29 is 15.1 Å². The van der Waals surface area contributed by atoms with Crippen LogP contribution < -0.4 is 10.8 Å². The van der Waals surface area contributed by atoms with E-state index in [0.717, 1.165) is 36.3 Å². The first-order valence-electron chi connectivity index (χ1n) is 9.74. The third-order valence-electron chi connectivity index (χ3n) is 5.06. The number of hydrogen-bond donors (Lipinski definition) is 5. The minimum absolute atomic E-state index is 0.147. The van der Waals surface area contributed by atoms with Crippen molar-refractivity contribution in [2.75, 3.05) is 13.2 Å². The summed E-state index contributed by atoms with van der Waals surface area (Å²) in [6.07, 6.45) is 4.48. The Morgan fingerprint density at radius 2 is 1.93 bits per heavy atom. The van der Waals surface area contributed by atoms with E-state index < -0.39 is 5.91 Å². The number of nitrogens with one attached hydrogen (secondary N) is 3. The van der Waals surface area contributed by atoms with Crippen LogP contribution in [-0.4, -0.2) is 34.4 Å². The number of benzene rings is 2. The minimum atomic E-state index is -0.550. The number of hydrogen-bond acceptors (Lipinski definition) is 4. The summed E-state index contributed by atoms with van der Waals surface area (Å²) in [6, 6.07) is 14.3. The normalized spacial score (nSPS) is 11.4. The van der Waals surface area contributed by atoms with Crippen molar-refractivity contribution in [2.45, 2.75) is 26.3 Å². The van der Waals surface area contributed by atoms with Gasteiger partial charge in [-0.1, -0.05) is 42.5 Å². The van der Waals surface area contributed by atoms with Gasteiger partial charge in [0.1, 0.15) is 0 Å². The highest BCUT2D eigenvalue weighted by atomic mass is 16.5. The fourth-order valence-electron chi connectivity index (χ4n) is 3.45. The number of rotatable bonds is 9. The maximum Gasteiger partial charge on any atom is 0.267 e. The molecule has 29 heavy (non-hydrogen) atoms. The summed E-state index contributed by atoms with van der Waals surface area (Å²) < 4.78 is 0. The molecule has 0 fully saturated rings. The van der Waals surface area contributed by atoms with Gasteiger partial charge in [-0.15, -0.1) is 0 Å². The zero-order valence-electron chi connectivity index (χ0n) is 16.5. The Morgan fingerprint density at radius 1 is 1.14 bits per heavy atom. The van der Waals surface area contributed by atoms with Crippen molar-refractivity contribution in [1.29, 1.82) is 0 Å². The molecule has 0 bridgehead atoms. The molecule has 0 unspecified atom stereocenters. The van der Waals surface area contributed by atoms with Gasteiger partial charge >= 0.3 is 0 Å². The first-order valence-corrected chi connectivity index (χ1v) is 9.74. The summed E-state index contributed by atoms with van der Waals surface area (Å²) in [6.45, 7) is 3.86. The molecular weight excluding hydrogens is 366 g/mol. The lowest BCUT2D eigenvalue weighted by Gasteiger charge is -2.07. The van der Waals surface area contributed by atoms with E-state index in [0.29, 0.717) is 6.42 Å². The minimum Gasteiger partial charge on any atom is -0.396 e. The zero-order valence-corrected chi connectivity index (χ0v) is 16.5. The molecule has 0 saturated carbocycles. The van der Waals surface area contributed by atoms with Gasteiger partial charge in [-0.2, -0.15) is 0 Å². The summed E-state index contributed by atoms with van der Waals surface area (Å²) in [5, 5.41) is 22.4. The number of hydroxylamine groups is 1. The molecule has 5 N–H and O–H groups in total. The van der Waals surface area contributed by atoms with Crippen LogP contribution in [0.3, 0.4) is 0 Å². The third kappa shape index (κ3) is 5.32. The van der Waals surface area contributed by atoms with Crippen LogP contribution in [0.25, 0.3) is 17.0 Å². The van der Waals surface area contributed by atoms with E-state index in [1.54, 1.807) is 11.6 Å². The van der Waals surface area contributed by atoms with E-state index in [9.17, 15) is 9.90 Å². The zero-order chi connectivity index (χ0) is 20.6. The van der Waals surface area contributed by atoms with Crippen molar-refractivity contribution in [3.8, 4) is 0 Å². The van der Waals surface area contributed by atoms with Crippen molar-refractivity contribution in [1.82, 2.24) is 15.8 Å². The smallest absolute Gasteiger partial charge is 0.267 e. The molecule has 0 spiro atoms. The SMILES string of the molecule is Cc1c(CCO)[nH]c2c(CCNCc3ccc(/C=C/C(=O)NO)cc3)cccc12. The second-order valence-electron chi connectivity index (χ2n) is 7.02. The first kappa shape index (κ1) is 20.8. The third-order valence-corrected chi connectivity index (χ3v) is 5.06. The van der Waals surface area contributed by atoms with Crippen LogP contribution in [0.5, 0.6) is 0 Å². The van der Waals surface area contributed by atoms with Gasteiger partial charge in [0.05, 0.1) is 0 Å². The van der Waals surface area contributed by atoms with Gasteiger partial charge in [-0.25, -0.2) is 5.48 Å². The Labute approximate surface area is 170 Å². The Kier molecular flexibility index (Phi) is 7.19. The highest BCUT2D eigenvalue weighted by molar-refractivity contribution is 5.90. The van der Waals surface area contributed by atoms with Crippen LogP contribution in [0.2, 0.25) is 0 Å². The summed E-state index contributed by atoms with van der Waals surface area (Å²) in [5.74, 6) is -0.550. The van der Waals surface area contributed by atoms with Gasteiger partial charge in [-0.05, 0) is 48.2 Å². The molecule has 152 valence electrons. The molecule has 3 aromatic rings. The summed E-state index contributed by atoms with van der Waals surface area (Å²) in [7, 11) is 0. The van der Waals surface area contributed by atoms with Crippen LogP contribution in [0, 0.1) is 6.92 Å². The van der Waals surface area contributed by atoms with Crippen LogP contribution >= 0.6 is 0 Å². The van der Waals surface area contributed by atoms with Crippen molar-refractivity contribution in [3.05, 3.63) is 76.5 Å². The van der Waals surface area contributed by atoms with Crippen LogP contribution in [0.1, 0.15) is 27.9 Å². The van der Waals surface area contributed by atoms with E-state index in [1.165, 1.54) is 28.1 Å². The maximum atomic E-state index is 11.0. The molecule has 2 aromatic carbocycles. The molecule has 6 heteroatoms. The van der Waals surface area contributed by atoms with Gasteiger partial charge in [0, 0.05) is 42.2 Å². The predicted molar refractivity (Wildman–Crippen MR) is 115 cm³/mol. The number of aromatic amines is 1. The number of carbonyl (C=O) groups excluding carboxylic acids is 1. The number of H-pyrrole nitrogens is 1. The summed E-state index contributed by atoms with van der Waals surface area (Å²) in [4.78, 5) is 14.5. The molecule has 0 radical (unpaired) electrons. The molecule has 3 rings (SSSR count). The van der Waals surface area contributed by atoms with E-state index in [2.05, 4.69) is 35.4 Å². The largest absolute Gasteiger partial charge is 0.396 e. The highest BCUT2D eigenvalue weighted by Gasteiger charge is 2.10. The van der Waals surface area contributed by atoms with Crippen molar-refractivity contribution >= 4 is 22.9 Å². The van der Waals surface area contributed by atoms with E-state index in [1.807, 2.05) is 24.3 Å². The number of fused-ring (bicyclic) bond motifs is 1. The fourth-order valence-corrected chi connectivity index (χ4v) is 3.45. The lowest BCUT2D eigenvalue weighted by Crippen LogP contribution is -2.16. The molecule has 0 aliphatic heterocycles. The average molecular weight is 393 g/mol. The molecule has 1 amide bonds. The number of aliphatic hydroxyl groups excluding tert-OH is 1. The fraction of sp³-hybridized carbons (Fsp3) is 0.261. The highest BCUT2D eigenvalue weighted by Crippen LogP contribution is 2.25. The van der Waals surface area contributed by atoms with Crippen LogP contribution in [0.15, 0.2) is 48.5 Å². The quantitative estimate of drug-likeness (QED) is 0.167.